The summed E-state index contributed by atoms with van der Waals surface area (Å²) in [7, 11) is -2.05. The largest absolute Gasteiger partial charge is 0.244 e. The van der Waals surface area contributed by atoms with Crippen LogP contribution in [0.4, 0.5) is 0 Å². The van der Waals surface area contributed by atoms with E-state index in [9.17, 15) is 8.42 Å². The van der Waals surface area contributed by atoms with Crippen LogP contribution in [0.3, 0.4) is 0 Å². The molecule has 0 saturated heterocycles. The summed E-state index contributed by atoms with van der Waals surface area (Å²) in [5.74, 6) is 0. The van der Waals surface area contributed by atoms with E-state index in [1.165, 1.54) is 22.5 Å². The van der Waals surface area contributed by atoms with Crippen molar-refractivity contribution in [2.24, 2.45) is 0 Å². The van der Waals surface area contributed by atoms with Crippen LogP contribution < -0.4 is 0 Å². The second-order valence-electron chi connectivity index (χ2n) is 4.72. The Bertz CT molecular complexity index is 616. The quantitative estimate of drug-likeness (QED) is 0.862. The summed E-state index contributed by atoms with van der Waals surface area (Å²) < 4.78 is 26.5. The van der Waals surface area contributed by atoms with E-state index in [1.807, 2.05) is 6.07 Å². The Hall–Kier alpha value is -1.09. The van der Waals surface area contributed by atoms with Gasteiger partial charge in [0.25, 0.3) is 0 Å². The molecule has 1 aliphatic carbocycles. The van der Waals surface area contributed by atoms with Gasteiger partial charge in [-0.25, -0.2) is 8.42 Å². The van der Waals surface area contributed by atoms with Gasteiger partial charge in [-0.3, -0.25) is 0 Å². The van der Waals surface area contributed by atoms with Crippen LogP contribution in [0.1, 0.15) is 31.2 Å². The van der Waals surface area contributed by atoms with Crippen LogP contribution in [-0.2, 0) is 10.0 Å². The van der Waals surface area contributed by atoms with Crippen LogP contribution in [0.15, 0.2) is 23.1 Å². The lowest BCUT2D eigenvalue weighted by atomic mass is 10.2. The Morgan fingerprint density at radius 3 is 2.58 bits per heavy atom. The zero-order chi connectivity index (χ0) is 14.0. The van der Waals surface area contributed by atoms with E-state index in [2.05, 4.69) is 0 Å². The van der Waals surface area contributed by atoms with Crippen molar-refractivity contribution in [2.75, 3.05) is 7.05 Å². The second kappa shape index (κ2) is 5.49. The third-order valence-corrected chi connectivity index (χ3v) is 5.95. The molecule has 1 aliphatic rings. The topological polar surface area (TPSA) is 61.2 Å². The summed E-state index contributed by atoms with van der Waals surface area (Å²) in [5.41, 5.74) is 0.294. The molecule has 0 atom stereocenters. The number of sulfonamides is 1. The average molecular weight is 299 g/mol. The molecular formula is C13H15ClN2O2S. The number of hydrogen-bond donors (Lipinski definition) is 0. The predicted octanol–water partition coefficient (Wildman–Crippen LogP) is 2.77. The van der Waals surface area contributed by atoms with Gasteiger partial charge >= 0.3 is 0 Å². The van der Waals surface area contributed by atoms with Crippen LogP contribution in [0.2, 0.25) is 5.02 Å². The summed E-state index contributed by atoms with van der Waals surface area (Å²) in [6.07, 6.45) is 3.86. The monoisotopic (exact) mass is 298 g/mol. The fraction of sp³-hybridized carbons (Fsp3) is 0.462. The van der Waals surface area contributed by atoms with Gasteiger partial charge in [-0.15, -0.1) is 0 Å². The van der Waals surface area contributed by atoms with Gasteiger partial charge in [-0.05, 0) is 31.0 Å². The third kappa shape index (κ3) is 2.76. The van der Waals surface area contributed by atoms with E-state index in [-0.39, 0.29) is 16.0 Å². The van der Waals surface area contributed by atoms with Crippen molar-refractivity contribution < 1.29 is 8.42 Å². The van der Waals surface area contributed by atoms with Gasteiger partial charge in [-0.2, -0.15) is 9.57 Å². The zero-order valence-corrected chi connectivity index (χ0v) is 12.2. The Balaban J connectivity index is 2.41. The van der Waals surface area contributed by atoms with Crippen LogP contribution in [0.5, 0.6) is 0 Å². The van der Waals surface area contributed by atoms with Crippen LogP contribution >= 0.6 is 11.6 Å². The molecule has 0 N–H and O–H groups in total. The minimum atomic E-state index is -3.64. The molecule has 0 spiro atoms. The number of nitrogens with zero attached hydrogens (tertiary/aromatic N) is 2. The fourth-order valence-corrected chi connectivity index (χ4v) is 4.30. The van der Waals surface area contributed by atoms with E-state index in [4.69, 9.17) is 16.9 Å². The normalized spacial score (nSPS) is 16.7. The molecule has 19 heavy (non-hydrogen) atoms. The molecule has 0 unspecified atom stereocenters. The van der Waals surface area contributed by atoms with Gasteiger partial charge in [0.05, 0.1) is 16.7 Å². The molecule has 2 rings (SSSR count). The van der Waals surface area contributed by atoms with Gasteiger partial charge in [0, 0.05) is 13.1 Å². The molecule has 0 amide bonds. The molecule has 0 aromatic heterocycles. The first-order valence-electron chi connectivity index (χ1n) is 6.14. The smallest absolute Gasteiger partial charge is 0.207 e. The van der Waals surface area contributed by atoms with Crippen molar-refractivity contribution in [2.45, 2.75) is 36.6 Å². The van der Waals surface area contributed by atoms with Crippen LogP contribution in [0, 0.1) is 11.3 Å². The molecule has 1 fully saturated rings. The standard InChI is InChI=1S/C13H15ClN2O2S/c1-16(11-4-2-3-5-11)19(17,18)13-8-10(9-15)6-7-12(13)14/h6-8,11H,2-5H2,1H3. The lowest BCUT2D eigenvalue weighted by Gasteiger charge is -2.24. The molecule has 0 bridgehead atoms. The molecule has 0 radical (unpaired) electrons. The van der Waals surface area contributed by atoms with Crippen molar-refractivity contribution in [1.29, 1.82) is 5.26 Å². The number of benzene rings is 1. The summed E-state index contributed by atoms with van der Waals surface area (Å²) in [6.45, 7) is 0. The Kier molecular flexibility index (Phi) is 4.14. The molecule has 0 heterocycles. The number of nitriles is 1. The maximum absolute atomic E-state index is 12.5. The highest BCUT2D eigenvalue weighted by atomic mass is 35.5. The van der Waals surface area contributed by atoms with E-state index in [0.717, 1.165) is 25.7 Å². The van der Waals surface area contributed by atoms with Crippen LogP contribution in [0.25, 0.3) is 0 Å². The summed E-state index contributed by atoms with van der Waals surface area (Å²) in [4.78, 5) is 0.0163. The SMILES string of the molecule is CN(C1CCCC1)S(=O)(=O)c1cc(C#N)ccc1Cl. The first kappa shape index (κ1) is 14.3. The molecule has 1 aromatic carbocycles. The highest BCUT2D eigenvalue weighted by molar-refractivity contribution is 7.89. The molecular weight excluding hydrogens is 284 g/mol. The number of halogens is 1. The highest BCUT2D eigenvalue weighted by Gasteiger charge is 2.31. The average Bonchev–Trinajstić information content (AvgIpc) is 2.92. The highest BCUT2D eigenvalue weighted by Crippen LogP contribution is 2.30. The van der Waals surface area contributed by atoms with Gasteiger partial charge in [0.15, 0.2) is 0 Å². The fourth-order valence-electron chi connectivity index (χ4n) is 2.39. The van der Waals surface area contributed by atoms with Crippen molar-refractivity contribution >= 4 is 21.6 Å². The lowest BCUT2D eigenvalue weighted by molar-refractivity contribution is 0.373. The lowest BCUT2D eigenvalue weighted by Crippen LogP contribution is -2.35. The van der Waals surface area contributed by atoms with Gasteiger partial charge in [-0.1, -0.05) is 24.4 Å². The molecule has 4 nitrogen and oxygen atoms in total. The molecule has 0 aliphatic heterocycles. The molecule has 1 aromatic rings. The Morgan fingerprint density at radius 2 is 2.00 bits per heavy atom. The van der Waals surface area contributed by atoms with Crippen LogP contribution in [-0.4, -0.2) is 25.8 Å². The Morgan fingerprint density at radius 1 is 1.37 bits per heavy atom. The van der Waals surface area contributed by atoms with E-state index in [1.54, 1.807) is 7.05 Å². The van der Waals surface area contributed by atoms with E-state index < -0.39 is 10.0 Å². The molecule has 6 heteroatoms. The minimum Gasteiger partial charge on any atom is -0.207 e. The molecule has 1 saturated carbocycles. The number of rotatable bonds is 3. The van der Waals surface area contributed by atoms with Gasteiger partial charge < -0.3 is 0 Å². The predicted molar refractivity (Wildman–Crippen MR) is 73.4 cm³/mol. The van der Waals surface area contributed by atoms with E-state index in [0.29, 0.717) is 5.56 Å². The first-order chi connectivity index (χ1) is 8.96. The maximum atomic E-state index is 12.5. The van der Waals surface area contributed by atoms with Gasteiger partial charge in [0.2, 0.25) is 10.0 Å². The Labute approximate surface area is 118 Å². The van der Waals surface area contributed by atoms with E-state index >= 15 is 0 Å². The van der Waals surface area contributed by atoms with Crippen molar-refractivity contribution in [3.05, 3.63) is 28.8 Å². The second-order valence-corrected chi connectivity index (χ2v) is 7.09. The summed E-state index contributed by atoms with van der Waals surface area (Å²) in [6, 6.07) is 6.27. The number of hydrogen-bond acceptors (Lipinski definition) is 3. The van der Waals surface area contributed by atoms with Gasteiger partial charge in [0.1, 0.15) is 4.90 Å². The summed E-state index contributed by atoms with van der Waals surface area (Å²) in [5, 5.41) is 9.02. The molecule has 102 valence electrons. The minimum absolute atomic E-state index is 0.0163. The zero-order valence-electron chi connectivity index (χ0n) is 10.6. The maximum Gasteiger partial charge on any atom is 0.244 e. The third-order valence-electron chi connectivity index (χ3n) is 3.56. The van der Waals surface area contributed by atoms with Crippen molar-refractivity contribution in [1.82, 2.24) is 4.31 Å². The summed E-state index contributed by atoms with van der Waals surface area (Å²) >= 11 is 5.97. The first-order valence-corrected chi connectivity index (χ1v) is 7.96. The van der Waals surface area contributed by atoms with Crippen molar-refractivity contribution in [3.63, 3.8) is 0 Å². The van der Waals surface area contributed by atoms with Crippen molar-refractivity contribution in [3.8, 4) is 6.07 Å².